The van der Waals surface area contributed by atoms with Crippen molar-refractivity contribution in [3.8, 4) is 0 Å². The van der Waals surface area contributed by atoms with Crippen LogP contribution in [0.2, 0.25) is 0 Å². The minimum Gasteiger partial charge on any atom is -0.359 e. The molecule has 1 fully saturated rings. The molecule has 0 atom stereocenters. The minimum atomic E-state index is -0.0147. The van der Waals surface area contributed by atoms with Crippen LogP contribution in [0.15, 0.2) is 0 Å². The normalized spacial score (nSPS) is 22.3. The van der Waals surface area contributed by atoms with Crippen molar-refractivity contribution in [3.63, 3.8) is 0 Å². The van der Waals surface area contributed by atoms with E-state index in [9.17, 15) is 0 Å². The van der Waals surface area contributed by atoms with E-state index in [1.807, 2.05) is 11.8 Å². The van der Waals surface area contributed by atoms with Crippen LogP contribution >= 0.6 is 11.8 Å². The van der Waals surface area contributed by atoms with E-state index < -0.39 is 0 Å². The van der Waals surface area contributed by atoms with Crippen LogP contribution in [0.1, 0.15) is 41.0 Å². The fourth-order valence-corrected chi connectivity index (χ4v) is 2.82. The number of nitrogens with one attached hydrogen (secondary N) is 1. The molecule has 0 aliphatic carbocycles. The highest BCUT2D eigenvalue weighted by atomic mass is 32.2. The molecule has 0 unspecified atom stereocenters. The van der Waals surface area contributed by atoms with Crippen molar-refractivity contribution in [3.05, 3.63) is 0 Å². The Morgan fingerprint density at radius 1 is 1.27 bits per heavy atom. The second-order valence-corrected chi connectivity index (χ2v) is 7.75. The summed E-state index contributed by atoms with van der Waals surface area (Å²) >= 11 is 2.03. The zero-order valence-corrected chi connectivity index (χ0v) is 11.5. The summed E-state index contributed by atoms with van der Waals surface area (Å²) in [4.78, 5) is 2.25. The molecule has 1 heterocycles. The third-order valence-electron chi connectivity index (χ3n) is 2.86. The van der Waals surface area contributed by atoms with Crippen molar-refractivity contribution in [1.82, 2.24) is 4.90 Å². The van der Waals surface area contributed by atoms with Crippen LogP contribution in [-0.4, -0.2) is 34.3 Å². The van der Waals surface area contributed by atoms with Gasteiger partial charge in [-0.15, -0.1) is 0 Å². The lowest BCUT2D eigenvalue weighted by molar-refractivity contribution is 0.372. The molecule has 0 spiro atoms. The van der Waals surface area contributed by atoms with Crippen molar-refractivity contribution >= 4 is 17.6 Å². The molecule has 88 valence electrons. The Morgan fingerprint density at radius 3 is 2.40 bits per heavy atom. The lowest BCUT2D eigenvalue weighted by atomic mass is 9.93. The van der Waals surface area contributed by atoms with Crippen molar-refractivity contribution in [2.24, 2.45) is 5.41 Å². The van der Waals surface area contributed by atoms with Gasteiger partial charge in [0.15, 0.2) is 0 Å². The first kappa shape index (κ1) is 12.9. The number of hydrogen-bond acceptors (Lipinski definition) is 2. The maximum atomic E-state index is 8.18. The molecule has 0 radical (unpaired) electrons. The topological polar surface area (TPSA) is 27.1 Å². The van der Waals surface area contributed by atoms with E-state index in [2.05, 4.69) is 39.5 Å². The predicted octanol–water partition coefficient (Wildman–Crippen LogP) is 3.23. The molecule has 15 heavy (non-hydrogen) atoms. The molecule has 0 amide bonds. The summed E-state index contributed by atoms with van der Waals surface area (Å²) in [5.41, 5.74) is -0.0147. The van der Waals surface area contributed by atoms with Gasteiger partial charge in [0.25, 0.3) is 0 Å². The van der Waals surface area contributed by atoms with E-state index in [4.69, 9.17) is 5.41 Å². The van der Waals surface area contributed by atoms with Crippen LogP contribution < -0.4 is 0 Å². The molecule has 0 saturated carbocycles. The number of hydrogen-bond donors (Lipinski definition) is 1. The van der Waals surface area contributed by atoms with Gasteiger partial charge in [-0.05, 0) is 6.42 Å². The van der Waals surface area contributed by atoms with Crippen LogP contribution in [0.5, 0.6) is 0 Å². The van der Waals surface area contributed by atoms with Crippen LogP contribution in [0, 0.1) is 10.8 Å². The Balaban J connectivity index is 2.62. The van der Waals surface area contributed by atoms with E-state index >= 15 is 0 Å². The first-order valence-electron chi connectivity index (χ1n) is 5.70. The zero-order chi connectivity index (χ0) is 11.7. The first-order valence-corrected chi connectivity index (χ1v) is 6.69. The molecular weight excluding hydrogens is 204 g/mol. The summed E-state index contributed by atoms with van der Waals surface area (Å²) in [6, 6.07) is 0. The Morgan fingerprint density at radius 2 is 1.87 bits per heavy atom. The highest BCUT2D eigenvalue weighted by molar-refractivity contribution is 8.00. The van der Waals surface area contributed by atoms with Gasteiger partial charge in [0.05, 0.1) is 0 Å². The largest absolute Gasteiger partial charge is 0.359 e. The highest BCUT2D eigenvalue weighted by Crippen LogP contribution is 2.31. The molecule has 0 aromatic heterocycles. The van der Waals surface area contributed by atoms with Gasteiger partial charge >= 0.3 is 0 Å². The minimum absolute atomic E-state index is 0.0147. The quantitative estimate of drug-likeness (QED) is 0.509. The maximum absolute atomic E-state index is 8.18. The fourth-order valence-electron chi connectivity index (χ4n) is 1.72. The average molecular weight is 228 g/mol. The molecule has 1 aliphatic heterocycles. The fraction of sp³-hybridized carbons (Fsp3) is 0.917. The van der Waals surface area contributed by atoms with Crippen LogP contribution in [0.25, 0.3) is 0 Å². The van der Waals surface area contributed by atoms with Gasteiger partial charge in [0.2, 0.25) is 0 Å². The molecule has 2 nitrogen and oxygen atoms in total. The second kappa shape index (κ2) is 4.36. The van der Waals surface area contributed by atoms with E-state index in [1.165, 1.54) is 6.42 Å². The molecule has 1 saturated heterocycles. The summed E-state index contributed by atoms with van der Waals surface area (Å²) in [7, 11) is 0. The SMILES string of the molecule is CC1(C)CCN(C(=N)C(C)(C)C)CCS1. The molecule has 0 aromatic carbocycles. The van der Waals surface area contributed by atoms with Crippen LogP contribution in [-0.2, 0) is 0 Å². The molecular formula is C12H24N2S. The number of rotatable bonds is 0. The highest BCUT2D eigenvalue weighted by Gasteiger charge is 2.28. The second-order valence-electron chi connectivity index (χ2n) is 5.94. The lowest BCUT2D eigenvalue weighted by Crippen LogP contribution is -2.40. The average Bonchev–Trinajstić information content (AvgIpc) is 2.23. The van der Waals surface area contributed by atoms with Gasteiger partial charge in [-0.25, -0.2) is 0 Å². The third kappa shape index (κ3) is 3.71. The van der Waals surface area contributed by atoms with E-state index in [1.54, 1.807) is 0 Å². The predicted molar refractivity (Wildman–Crippen MR) is 69.9 cm³/mol. The van der Waals surface area contributed by atoms with E-state index in [-0.39, 0.29) is 5.41 Å². The summed E-state index contributed by atoms with van der Waals surface area (Å²) in [5, 5.41) is 8.18. The summed E-state index contributed by atoms with van der Waals surface area (Å²) in [6.45, 7) is 13.1. The standard InChI is InChI=1S/C12H24N2S/c1-11(2,3)10(13)14-7-6-12(4,5)15-9-8-14/h13H,6-9H2,1-5H3. The summed E-state index contributed by atoms with van der Waals surface area (Å²) in [5.74, 6) is 1.94. The van der Waals surface area contributed by atoms with E-state index in [0.717, 1.165) is 24.7 Å². The Kier molecular flexibility index (Phi) is 3.75. The van der Waals surface area contributed by atoms with Crippen molar-refractivity contribution < 1.29 is 0 Å². The number of thioether (sulfide) groups is 1. The maximum Gasteiger partial charge on any atom is 0.101 e. The smallest absolute Gasteiger partial charge is 0.101 e. The van der Waals surface area contributed by atoms with Crippen LogP contribution in [0.4, 0.5) is 0 Å². The van der Waals surface area contributed by atoms with Gasteiger partial charge in [-0.3, -0.25) is 5.41 Å². The first-order chi connectivity index (χ1) is 6.72. The molecule has 3 heteroatoms. The van der Waals surface area contributed by atoms with Gasteiger partial charge in [0, 0.05) is 29.0 Å². The molecule has 0 aromatic rings. The van der Waals surface area contributed by atoms with Gasteiger partial charge < -0.3 is 4.90 Å². The number of nitrogens with zero attached hydrogens (tertiary/aromatic N) is 1. The van der Waals surface area contributed by atoms with Crippen LogP contribution in [0.3, 0.4) is 0 Å². The Bertz CT molecular complexity index is 240. The Labute approximate surface area is 98.3 Å². The van der Waals surface area contributed by atoms with Gasteiger partial charge in [-0.1, -0.05) is 34.6 Å². The number of amidine groups is 1. The molecule has 1 N–H and O–H groups in total. The van der Waals surface area contributed by atoms with Gasteiger partial charge in [-0.2, -0.15) is 11.8 Å². The third-order valence-corrected chi connectivity index (χ3v) is 4.24. The Hall–Kier alpha value is -0.180. The zero-order valence-electron chi connectivity index (χ0n) is 10.7. The summed E-state index contributed by atoms with van der Waals surface area (Å²) < 4.78 is 0.382. The monoisotopic (exact) mass is 228 g/mol. The molecule has 0 bridgehead atoms. The van der Waals surface area contributed by atoms with Crippen molar-refractivity contribution in [2.45, 2.75) is 45.8 Å². The van der Waals surface area contributed by atoms with Gasteiger partial charge in [0.1, 0.15) is 5.84 Å². The molecule has 1 aliphatic rings. The molecule has 1 rings (SSSR count). The summed E-state index contributed by atoms with van der Waals surface area (Å²) in [6.07, 6.45) is 1.18. The van der Waals surface area contributed by atoms with Crippen molar-refractivity contribution in [2.75, 3.05) is 18.8 Å². The van der Waals surface area contributed by atoms with E-state index in [0.29, 0.717) is 4.75 Å². The van der Waals surface area contributed by atoms with Crippen molar-refractivity contribution in [1.29, 1.82) is 5.41 Å². The lowest BCUT2D eigenvalue weighted by Gasteiger charge is -2.31.